The highest BCUT2D eigenvalue weighted by Crippen LogP contribution is 2.26. The average molecular weight is 364 g/mol. The Morgan fingerprint density at radius 1 is 0.821 bits per heavy atom. The molecule has 0 spiro atoms. The van der Waals surface area contributed by atoms with E-state index in [1.54, 1.807) is 0 Å². The maximum absolute atomic E-state index is 13.2. The number of nitrogens with zero attached hydrogens (tertiary/aromatic N) is 1. The summed E-state index contributed by atoms with van der Waals surface area (Å²) in [7, 11) is 0. The fourth-order valence-corrected chi connectivity index (χ4v) is 4.04. The van der Waals surface area contributed by atoms with Crippen molar-refractivity contribution < 1.29 is 4.79 Å². The molecule has 5 rings (SSSR count). The van der Waals surface area contributed by atoms with E-state index in [9.17, 15) is 4.79 Å². The van der Waals surface area contributed by atoms with Crippen LogP contribution in [0.3, 0.4) is 0 Å². The normalized spacial score (nSPS) is 13.4. The van der Waals surface area contributed by atoms with Crippen LogP contribution in [0.2, 0.25) is 0 Å². The lowest BCUT2D eigenvalue weighted by Gasteiger charge is -2.14. The second-order valence-corrected chi connectivity index (χ2v) is 7.29. The molecule has 0 fully saturated rings. The van der Waals surface area contributed by atoms with Gasteiger partial charge in [0.25, 0.3) is 5.91 Å². The van der Waals surface area contributed by atoms with Gasteiger partial charge in [-0.25, -0.2) is 4.98 Å². The number of benzene rings is 3. The molecule has 0 radical (unpaired) electrons. The van der Waals surface area contributed by atoms with E-state index in [0.717, 1.165) is 35.0 Å². The van der Waals surface area contributed by atoms with Crippen LogP contribution >= 0.6 is 0 Å². The first-order valence-corrected chi connectivity index (χ1v) is 9.61. The third kappa shape index (κ3) is 3.05. The molecule has 0 bridgehead atoms. The predicted molar refractivity (Wildman–Crippen MR) is 112 cm³/mol. The van der Waals surface area contributed by atoms with Crippen LogP contribution in [0.15, 0.2) is 84.9 Å². The number of rotatable bonds is 3. The summed E-state index contributed by atoms with van der Waals surface area (Å²) in [4.78, 5) is 18.0. The molecule has 136 valence electrons. The molecule has 1 aliphatic carbocycles. The SMILES string of the molecule is O=C(NC1Cc2ccccc2C1)c1cc(-c2ccccc2)nc2ccccc12. The van der Waals surface area contributed by atoms with E-state index in [1.807, 2.05) is 60.7 Å². The van der Waals surface area contributed by atoms with Gasteiger partial charge in [0.05, 0.1) is 16.8 Å². The lowest BCUT2D eigenvalue weighted by Crippen LogP contribution is -2.35. The first kappa shape index (κ1) is 16.7. The second kappa shape index (κ2) is 6.93. The first-order valence-electron chi connectivity index (χ1n) is 9.61. The molecule has 0 saturated carbocycles. The highest BCUT2D eigenvalue weighted by atomic mass is 16.1. The van der Waals surface area contributed by atoms with Gasteiger partial charge in [-0.1, -0.05) is 72.8 Å². The van der Waals surface area contributed by atoms with Crippen LogP contribution in [0.4, 0.5) is 0 Å². The number of para-hydroxylation sites is 1. The van der Waals surface area contributed by atoms with Crippen LogP contribution in [-0.2, 0) is 12.8 Å². The molecular formula is C25H20N2O. The summed E-state index contributed by atoms with van der Waals surface area (Å²) in [5.74, 6) is -0.0337. The Bertz CT molecular complexity index is 1140. The summed E-state index contributed by atoms with van der Waals surface area (Å²) in [5.41, 5.74) is 6.01. The Balaban J connectivity index is 1.50. The summed E-state index contributed by atoms with van der Waals surface area (Å²) in [6, 6.07) is 28.3. The van der Waals surface area contributed by atoms with Gasteiger partial charge in [0.1, 0.15) is 0 Å². The van der Waals surface area contributed by atoms with Gasteiger partial charge in [-0.05, 0) is 36.1 Å². The van der Waals surface area contributed by atoms with Gasteiger partial charge >= 0.3 is 0 Å². The standard InChI is InChI=1S/C25H20N2O/c28-25(26-20-14-18-10-4-5-11-19(18)15-20)22-16-24(17-8-2-1-3-9-17)27-23-13-7-6-12-21(22)23/h1-13,16,20H,14-15H2,(H,26,28). The van der Waals surface area contributed by atoms with Crippen LogP contribution < -0.4 is 5.32 Å². The maximum Gasteiger partial charge on any atom is 0.252 e. The molecule has 3 nitrogen and oxygen atoms in total. The Labute approximate surface area is 164 Å². The Morgan fingerprint density at radius 3 is 2.21 bits per heavy atom. The van der Waals surface area contributed by atoms with Crippen molar-refractivity contribution in [2.45, 2.75) is 18.9 Å². The molecule has 1 N–H and O–H groups in total. The number of carbonyl (C=O) groups excluding carboxylic acids is 1. The summed E-state index contributed by atoms with van der Waals surface area (Å²) in [5, 5.41) is 4.13. The molecule has 28 heavy (non-hydrogen) atoms. The summed E-state index contributed by atoms with van der Waals surface area (Å²) in [6.07, 6.45) is 1.77. The maximum atomic E-state index is 13.2. The molecule has 3 aromatic carbocycles. The van der Waals surface area contributed by atoms with E-state index in [0.29, 0.717) is 5.56 Å². The molecule has 4 aromatic rings. The number of fused-ring (bicyclic) bond motifs is 2. The van der Waals surface area contributed by atoms with E-state index < -0.39 is 0 Å². The quantitative estimate of drug-likeness (QED) is 0.567. The number of amides is 1. The predicted octanol–water partition coefficient (Wildman–Crippen LogP) is 4.80. The largest absolute Gasteiger partial charge is 0.349 e. The topological polar surface area (TPSA) is 42.0 Å². The van der Waals surface area contributed by atoms with Crippen LogP contribution in [0.1, 0.15) is 21.5 Å². The van der Waals surface area contributed by atoms with Gasteiger partial charge in [-0.15, -0.1) is 0 Å². The molecule has 3 heteroatoms. The number of hydrogen-bond acceptors (Lipinski definition) is 2. The second-order valence-electron chi connectivity index (χ2n) is 7.29. The number of hydrogen-bond donors (Lipinski definition) is 1. The number of aromatic nitrogens is 1. The molecule has 1 aromatic heterocycles. The highest BCUT2D eigenvalue weighted by Gasteiger charge is 2.24. The molecule has 0 unspecified atom stereocenters. The molecule has 0 aliphatic heterocycles. The van der Waals surface area contributed by atoms with Crippen molar-refractivity contribution in [2.24, 2.45) is 0 Å². The fraction of sp³-hybridized carbons (Fsp3) is 0.120. The van der Waals surface area contributed by atoms with Crippen molar-refractivity contribution in [1.29, 1.82) is 0 Å². The van der Waals surface area contributed by atoms with Crippen LogP contribution in [0.5, 0.6) is 0 Å². The van der Waals surface area contributed by atoms with Crippen molar-refractivity contribution in [3.63, 3.8) is 0 Å². The van der Waals surface area contributed by atoms with Gasteiger partial charge in [-0.3, -0.25) is 4.79 Å². The minimum absolute atomic E-state index is 0.0337. The third-order valence-corrected chi connectivity index (χ3v) is 5.42. The van der Waals surface area contributed by atoms with Crippen molar-refractivity contribution in [2.75, 3.05) is 0 Å². The van der Waals surface area contributed by atoms with E-state index in [1.165, 1.54) is 11.1 Å². The Kier molecular flexibility index (Phi) is 4.13. The van der Waals surface area contributed by atoms with E-state index >= 15 is 0 Å². The highest BCUT2D eigenvalue weighted by molar-refractivity contribution is 6.07. The Hall–Kier alpha value is -3.46. The zero-order chi connectivity index (χ0) is 18.9. The van der Waals surface area contributed by atoms with Crippen molar-refractivity contribution in [3.8, 4) is 11.3 Å². The molecule has 0 atom stereocenters. The molecular weight excluding hydrogens is 344 g/mol. The number of carbonyl (C=O) groups is 1. The summed E-state index contributed by atoms with van der Waals surface area (Å²) < 4.78 is 0. The van der Waals surface area contributed by atoms with Crippen LogP contribution in [0, 0.1) is 0 Å². The van der Waals surface area contributed by atoms with Crippen molar-refractivity contribution in [1.82, 2.24) is 10.3 Å². The molecule has 0 saturated heterocycles. The molecule has 1 heterocycles. The van der Waals surface area contributed by atoms with Crippen LogP contribution in [0.25, 0.3) is 22.2 Å². The van der Waals surface area contributed by atoms with Gasteiger partial charge < -0.3 is 5.32 Å². The van der Waals surface area contributed by atoms with Gasteiger partial charge in [0.15, 0.2) is 0 Å². The zero-order valence-electron chi connectivity index (χ0n) is 15.4. The lowest BCUT2D eigenvalue weighted by atomic mass is 10.0. The lowest BCUT2D eigenvalue weighted by molar-refractivity contribution is 0.0940. The minimum Gasteiger partial charge on any atom is -0.349 e. The number of pyridine rings is 1. The smallest absolute Gasteiger partial charge is 0.252 e. The van der Waals surface area contributed by atoms with Gasteiger partial charge in [0, 0.05) is 17.0 Å². The fourth-order valence-electron chi connectivity index (χ4n) is 4.04. The van der Waals surface area contributed by atoms with E-state index in [2.05, 4.69) is 29.6 Å². The van der Waals surface area contributed by atoms with E-state index in [-0.39, 0.29) is 11.9 Å². The molecule has 1 aliphatic rings. The molecule has 1 amide bonds. The average Bonchev–Trinajstić information content (AvgIpc) is 3.15. The number of nitrogens with one attached hydrogen (secondary N) is 1. The first-order chi connectivity index (χ1) is 13.8. The van der Waals surface area contributed by atoms with Crippen LogP contribution in [-0.4, -0.2) is 16.9 Å². The third-order valence-electron chi connectivity index (χ3n) is 5.42. The zero-order valence-corrected chi connectivity index (χ0v) is 15.4. The van der Waals surface area contributed by atoms with E-state index in [4.69, 9.17) is 4.98 Å². The van der Waals surface area contributed by atoms with Gasteiger partial charge in [0.2, 0.25) is 0 Å². The monoisotopic (exact) mass is 364 g/mol. The Morgan fingerprint density at radius 2 is 1.46 bits per heavy atom. The summed E-state index contributed by atoms with van der Waals surface area (Å²) in [6.45, 7) is 0. The van der Waals surface area contributed by atoms with Crippen molar-refractivity contribution >= 4 is 16.8 Å². The van der Waals surface area contributed by atoms with Gasteiger partial charge in [-0.2, -0.15) is 0 Å². The van der Waals surface area contributed by atoms with Crippen molar-refractivity contribution in [3.05, 3.63) is 102 Å². The summed E-state index contributed by atoms with van der Waals surface area (Å²) >= 11 is 0. The minimum atomic E-state index is -0.0337.